The van der Waals surface area contributed by atoms with Crippen molar-refractivity contribution in [1.29, 1.82) is 0 Å². The number of aliphatic hydroxyl groups excluding tert-OH is 1. The molecule has 4 nitrogen and oxygen atoms in total. The zero-order valence-corrected chi connectivity index (χ0v) is 14.8. The van der Waals surface area contributed by atoms with Gasteiger partial charge in [0.15, 0.2) is 0 Å². The first-order chi connectivity index (χ1) is 11.0. The summed E-state index contributed by atoms with van der Waals surface area (Å²) < 4.78 is 0. The van der Waals surface area contributed by atoms with Crippen molar-refractivity contribution >= 4 is 29.1 Å². The Bertz CT molecular complexity index is 600. The van der Waals surface area contributed by atoms with Crippen LogP contribution in [0, 0.1) is 12.3 Å². The fourth-order valence-electron chi connectivity index (χ4n) is 3.81. The van der Waals surface area contributed by atoms with Gasteiger partial charge in [0, 0.05) is 40.2 Å². The van der Waals surface area contributed by atoms with E-state index in [2.05, 4.69) is 5.32 Å². The normalized spacial score (nSPS) is 27.7. The highest BCUT2D eigenvalue weighted by atomic mass is 35.5. The van der Waals surface area contributed by atoms with Gasteiger partial charge >= 0.3 is 0 Å². The van der Waals surface area contributed by atoms with Gasteiger partial charge < -0.3 is 15.3 Å². The fourth-order valence-corrected chi connectivity index (χ4v) is 4.30. The Morgan fingerprint density at radius 3 is 2.78 bits per heavy atom. The zero-order valence-electron chi connectivity index (χ0n) is 13.2. The van der Waals surface area contributed by atoms with Crippen LogP contribution in [-0.2, 0) is 0 Å². The van der Waals surface area contributed by atoms with E-state index in [4.69, 9.17) is 23.2 Å². The lowest BCUT2D eigenvalue weighted by Crippen LogP contribution is -2.62. The molecule has 23 heavy (non-hydrogen) atoms. The quantitative estimate of drug-likeness (QED) is 0.856. The number of nitrogens with zero attached hydrogens (tertiary/aromatic N) is 1. The molecule has 0 saturated carbocycles. The number of rotatable bonds is 2. The van der Waals surface area contributed by atoms with Crippen LogP contribution < -0.4 is 5.32 Å². The molecule has 1 amide bonds. The highest BCUT2D eigenvalue weighted by Gasteiger charge is 2.45. The number of likely N-dealkylation sites (tertiary alicyclic amines) is 1. The topological polar surface area (TPSA) is 52.6 Å². The molecule has 3 rings (SSSR count). The summed E-state index contributed by atoms with van der Waals surface area (Å²) in [4.78, 5) is 14.7. The van der Waals surface area contributed by atoms with Crippen LogP contribution in [0.25, 0.3) is 0 Å². The Morgan fingerprint density at radius 2 is 2.13 bits per heavy atom. The van der Waals surface area contributed by atoms with Gasteiger partial charge in [0.25, 0.3) is 5.91 Å². The fraction of sp³-hybridized carbons (Fsp3) is 0.588. The van der Waals surface area contributed by atoms with Gasteiger partial charge in [-0.05, 0) is 50.4 Å². The summed E-state index contributed by atoms with van der Waals surface area (Å²) in [5.41, 5.74) is 1.07. The second-order valence-electron chi connectivity index (χ2n) is 6.71. The molecule has 0 spiro atoms. The summed E-state index contributed by atoms with van der Waals surface area (Å²) in [7, 11) is 0. The molecule has 0 unspecified atom stereocenters. The first kappa shape index (κ1) is 17.0. The molecular weight excluding hydrogens is 335 g/mol. The van der Waals surface area contributed by atoms with E-state index in [0.717, 1.165) is 31.4 Å². The number of carbonyl (C=O) groups is 1. The monoisotopic (exact) mass is 356 g/mol. The molecule has 2 saturated heterocycles. The first-order valence-electron chi connectivity index (χ1n) is 8.06. The molecule has 0 aliphatic carbocycles. The summed E-state index contributed by atoms with van der Waals surface area (Å²) in [6.07, 6.45) is 2.83. The smallest absolute Gasteiger partial charge is 0.253 e. The van der Waals surface area contributed by atoms with Crippen LogP contribution in [-0.4, -0.2) is 48.2 Å². The largest absolute Gasteiger partial charge is 0.396 e. The van der Waals surface area contributed by atoms with Gasteiger partial charge in [-0.15, -0.1) is 0 Å². The van der Waals surface area contributed by atoms with E-state index in [1.807, 2.05) is 11.8 Å². The molecule has 2 aliphatic heterocycles. The molecule has 6 heteroatoms. The van der Waals surface area contributed by atoms with E-state index in [1.54, 1.807) is 12.1 Å². The number of aliphatic hydroxyl groups is 1. The SMILES string of the molecule is Cc1c(Cl)cc(C(=O)N2CC[C@H]3NCCC[C@]3(CO)C2)cc1Cl. The van der Waals surface area contributed by atoms with Crippen molar-refractivity contribution < 1.29 is 9.90 Å². The number of piperidine rings is 2. The summed E-state index contributed by atoms with van der Waals surface area (Å²) in [5, 5.41) is 14.5. The third kappa shape index (κ3) is 3.10. The molecule has 2 heterocycles. The van der Waals surface area contributed by atoms with Crippen LogP contribution in [0.5, 0.6) is 0 Å². The van der Waals surface area contributed by atoms with Crippen LogP contribution >= 0.6 is 23.2 Å². The summed E-state index contributed by atoms with van der Waals surface area (Å²) in [6, 6.07) is 3.65. The molecule has 0 bridgehead atoms. The first-order valence-corrected chi connectivity index (χ1v) is 8.81. The summed E-state index contributed by atoms with van der Waals surface area (Å²) in [5.74, 6) is -0.0642. The summed E-state index contributed by atoms with van der Waals surface area (Å²) in [6.45, 7) is 4.18. The molecule has 1 aromatic carbocycles. The maximum Gasteiger partial charge on any atom is 0.253 e. The van der Waals surface area contributed by atoms with Crippen molar-refractivity contribution in [3.63, 3.8) is 0 Å². The second kappa shape index (κ2) is 6.60. The average Bonchev–Trinajstić information content (AvgIpc) is 2.58. The molecule has 2 N–H and O–H groups in total. The van der Waals surface area contributed by atoms with E-state index in [-0.39, 0.29) is 24.0 Å². The molecule has 2 atom stereocenters. The Morgan fingerprint density at radius 1 is 1.43 bits per heavy atom. The zero-order chi connectivity index (χ0) is 16.6. The number of halogens is 2. The number of benzene rings is 1. The van der Waals surface area contributed by atoms with E-state index in [1.165, 1.54) is 0 Å². The Balaban J connectivity index is 1.83. The van der Waals surface area contributed by atoms with Gasteiger partial charge in [-0.3, -0.25) is 4.79 Å². The number of carbonyl (C=O) groups excluding carboxylic acids is 1. The maximum atomic E-state index is 12.9. The molecule has 1 aromatic rings. The molecular formula is C17H22Cl2N2O2. The lowest BCUT2D eigenvalue weighted by Gasteiger charge is -2.50. The number of fused-ring (bicyclic) bond motifs is 1. The average molecular weight is 357 g/mol. The van der Waals surface area contributed by atoms with Crippen molar-refractivity contribution in [2.45, 2.75) is 32.2 Å². The third-order valence-corrected chi connectivity index (χ3v) is 6.09. The van der Waals surface area contributed by atoms with Crippen LogP contribution in [0.4, 0.5) is 0 Å². The van der Waals surface area contributed by atoms with Crippen LogP contribution in [0.3, 0.4) is 0 Å². The highest BCUT2D eigenvalue weighted by molar-refractivity contribution is 6.36. The minimum Gasteiger partial charge on any atom is -0.396 e. The van der Waals surface area contributed by atoms with Gasteiger partial charge in [-0.2, -0.15) is 0 Å². The molecule has 0 radical (unpaired) electrons. The van der Waals surface area contributed by atoms with E-state index >= 15 is 0 Å². The van der Waals surface area contributed by atoms with Crippen LogP contribution in [0.2, 0.25) is 10.0 Å². The molecule has 2 fully saturated rings. The minimum atomic E-state index is -0.232. The van der Waals surface area contributed by atoms with Crippen molar-refractivity contribution in [2.75, 3.05) is 26.2 Å². The van der Waals surface area contributed by atoms with E-state index < -0.39 is 0 Å². The van der Waals surface area contributed by atoms with Gasteiger partial charge in [-0.25, -0.2) is 0 Å². The van der Waals surface area contributed by atoms with Crippen LogP contribution in [0.15, 0.2) is 12.1 Å². The Kier molecular flexibility index (Phi) is 4.88. The molecule has 126 valence electrons. The third-order valence-electron chi connectivity index (χ3n) is 5.30. The van der Waals surface area contributed by atoms with Gasteiger partial charge in [-0.1, -0.05) is 23.2 Å². The van der Waals surface area contributed by atoms with E-state index in [9.17, 15) is 9.90 Å². The predicted octanol–water partition coefficient (Wildman–Crippen LogP) is 2.88. The van der Waals surface area contributed by atoms with Gasteiger partial charge in [0.05, 0.1) is 6.61 Å². The lowest BCUT2D eigenvalue weighted by atomic mass is 9.70. The molecule has 2 aliphatic rings. The maximum absolute atomic E-state index is 12.9. The Labute approximate surface area is 146 Å². The standard InChI is InChI=1S/C17H22Cl2N2O2/c1-11-13(18)7-12(8-14(11)19)16(23)21-6-3-15-17(9-21,10-22)4-2-5-20-15/h7-8,15,20,22H,2-6,9-10H2,1H3/t15-,17-/m1/s1. The Hall–Kier alpha value is -0.810. The van der Waals surface area contributed by atoms with E-state index in [0.29, 0.717) is 28.7 Å². The second-order valence-corrected chi connectivity index (χ2v) is 7.53. The summed E-state index contributed by atoms with van der Waals surface area (Å²) >= 11 is 12.3. The number of hydrogen-bond donors (Lipinski definition) is 2. The number of nitrogens with one attached hydrogen (secondary N) is 1. The van der Waals surface area contributed by atoms with Crippen molar-refractivity contribution in [3.05, 3.63) is 33.3 Å². The minimum absolute atomic E-state index is 0.0642. The highest BCUT2D eigenvalue weighted by Crippen LogP contribution is 2.37. The lowest BCUT2D eigenvalue weighted by molar-refractivity contribution is -0.0137. The predicted molar refractivity (Wildman–Crippen MR) is 92.3 cm³/mol. The van der Waals surface area contributed by atoms with Crippen molar-refractivity contribution in [1.82, 2.24) is 10.2 Å². The molecule has 0 aromatic heterocycles. The van der Waals surface area contributed by atoms with Crippen molar-refractivity contribution in [2.24, 2.45) is 5.41 Å². The number of hydrogen-bond acceptors (Lipinski definition) is 3. The van der Waals surface area contributed by atoms with Crippen molar-refractivity contribution in [3.8, 4) is 0 Å². The van der Waals surface area contributed by atoms with Gasteiger partial charge in [0.1, 0.15) is 0 Å². The number of amides is 1. The van der Waals surface area contributed by atoms with Gasteiger partial charge in [0.2, 0.25) is 0 Å². The van der Waals surface area contributed by atoms with Crippen LogP contribution in [0.1, 0.15) is 35.2 Å².